The molecule has 0 spiro atoms. The van der Waals surface area contributed by atoms with Gasteiger partial charge < -0.3 is 20.3 Å². The van der Waals surface area contributed by atoms with Crippen LogP contribution in [0.15, 0.2) is 83.9 Å². The van der Waals surface area contributed by atoms with Crippen molar-refractivity contribution in [3.63, 3.8) is 0 Å². The van der Waals surface area contributed by atoms with Crippen molar-refractivity contribution in [3.8, 4) is 5.75 Å². The highest BCUT2D eigenvalue weighted by Gasteiger charge is 2.35. The molecule has 4 rings (SSSR count). The van der Waals surface area contributed by atoms with Gasteiger partial charge in [-0.2, -0.15) is 0 Å². The van der Waals surface area contributed by atoms with Crippen LogP contribution in [0.1, 0.15) is 31.9 Å². The van der Waals surface area contributed by atoms with Gasteiger partial charge in [0.2, 0.25) is 6.17 Å². The SMILES string of the molecule is COc1cccc(NC(=O)NC2N=C(c3ccccc3)c3ccccc3N(CC(=O)C(C)(C)C)C2=O)c1. The average molecular weight is 499 g/mol. The molecule has 0 aromatic heterocycles. The fraction of sp³-hybridized carbons (Fsp3) is 0.241. The molecule has 2 N–H and O–H groups in total. The van der Waals surface area contributed by atoms with E-state index in [4.69, 9.17) is 9.73 Å². The Morgan fingerprint density at radius 1 is 0.973 bits per heavy atom. The van der Waals surface area contributed by atoms with E-state index in [1.807, 2.05) is 69.3 Å². The number of urea groups is 1. The third kappa shape index (κ3) is 5.86. The minimum atomic E-state index is -1.26. The van der Waals surface area contributed by atoms with E-state index in [-0.39, 0.29) is 12.3 Å². The number of methoxy groups -OCH3 is 1. The van der Waals surface area contributed by atoms with Gasteiger partial charge in [-0.15, -0.1) is 0 Å². The van der Waals surface area contributed by atoms with E-state index in [1.54, 1.807) is 30.3 Å². The fourth-order valence-corrected chi connectivity index (χ4v) is 3.89. The summed E-state index contributed by atoms with van der Waals surface area (Å²) < 4.78 is 5.21. The molecule has 3 amide bonds. The molecule has 8 nitrogen and oxygen atoms in total. The number of amides is 3. The smallest absolute Gasteiger partial charge is 0.321 e. The van der Waals surface area contributed by atoms with Crippen LogP contribution in [-0.2, 0) is 9.59 Å². The Morgan fingerprint density at radius 3 is 2.38 bits per heavy atom. The van der Waals surface area contributed by atoms with Crippen LogP contribution in [0.25, 0.3) is 0 Å². The van der Waals surface area contributed by atoms with Crippen LogP contribution in [0.3, 0.4) is 0 Å². The quantitative estimate of drug-likeness (QED) is 0.517. The number of nitrogens with one attached hydrogen (secondary N) is 2. The molecule has 0 bridgehead atoms. The van der Waals surface area contributed by atoms with E-state index in [9.17, 15) is 14.4 Å². The zero-order chi connectivity index (χ0) is 26.6. The van der Waals surface area contributed by atoms with Crippen LogP contribution < -0.4 is 20.3 Å². The predicted octanol–water partition coefficient (Wildman–Crippen LogP) is 4.64. The Balaban J connectivity index is 1.74. The molecule has 0 saturated heterocycles. The predicted molar refractivity (Wildman–Crippen MR) is 144 cm³/mol. The Morgan fingerprint density at radius 2 is 1.68 bits per heavy atom. The number of anilines is 2. The Labute approximate surface area is 216 Å². The summed E-state index contributed by atoms with van der Waals surface area (Å²) in [6.45, 7) is 5.29. The Kier molecular flexibility index (Phi) is 7.38. The minimum Gasteiger partial charge on any atom is -0.497 e. The number of Topliss-reactive ketones (excluding diaryl/α,β-unsaturated/α-hetero) is 1. The number of fused-ring (bicyclic) bond motifs is 1. The van der Waals surface area contributed by atoms with Gasteiger partial charge in [-0.1, -0.05) is 75.4 Å². The third-order valence-electron chi connectivity index (χ3n) is 5.99. The summed E-state index contributed by atoms with van der Waals surface area (Å²) in [7, 11) is 1.54. The van der Waals surface area contributed by atoms with Gasteiger partial charge in [0, 0.05) is 28.3 Å². The topological polar surface area (TPSA) is 100 Å². The lowest BCUT2D eigenvalue weighted by Crippen LogP contribution is -2.50. The number of hydrogen-bond acceptors (Lipinski definition) is 5. The van der Waals surface area contributed by atoms with E-state index in [2.05, 4.69) is 10.6 Å². The van der Waals surface area contributed by atoms with Crippen LogP contribution in [0.2, 0.25) is 0 Å². The van der Waals surface area contributed by atoms with Crippen LogP contribution >= 0.6 is 0 Å². The van der Waals surface area contributed by atoms with Gasteiger partial charge in [0.1, 0.15) is 5.75 Å². The maximum absolute atomic E-state index is 13.8. The highest BCUT2D eigenvalue weighted by Crippen LogP contribution is 2.29. The molecule has 0 fully saturated rings. The lowest BCUT2D eigenvalue weighted by molar-refractivity contribution is -0.127. The van der Waals surface area contributed by atoms with Crippen LogP contribution in [0, 0.1) is 5.41 Å². The number of carbonyl (C=O) groups is 3. The number of benzene rings is 3. The number of rotatable bonds is 6. The van der Waals surface area contributed by atoms with E-state index < -0.39 is 23.5 Å². The number of benzodiazepines with no additional fused rings is 1. The van der Waals surface area contributed by atoms with E-state index in [0.717, 1.165) is 5.56 Å². The van der Waals surface area contributed by atoms with Gasteiger partial charge >= 0.3 is 6.03 Å². The number of para-hydroxylation sites is 1. The molecule has 37 heavy (non-hydrogen) atoms. The van der Waals surface area contributed by atoms with Gasteiger partial charge in [-0.3, -0.25) is 9.59 Å². The molecule has 1 atom stereocenters. The van der Waals surface area contributed by atoms with Gasteiger partial charge in [0.05, 0.1) is 25.1 Å². The lowest BCUT2D eigenvalue weighted by Gasteiger charge is -2.28. The van der Waals surface area contributed by atoms with Gasteiger partial charge in [-0.05, 0) is 18.2 Å². The number of carbonyl (C=O) groups excluding carboxylic acids is 3. The first-order chi connectivity index (χ1) is 17.7. The van der Waals surface area contributed by atoms with Crippen molar-refractivity contribution in [2.24, 2.45) is 10.4 Å². The van der Waals surface area contributed by atoms with Gasteiger partial charge in [0.25, 0.3) is 5.91 Å². The average Bonchev–Trinajstić information content (AvgIpc) is 2.99. The maximum atomic E-state index is 13.8. The van der Waals surface area contributed by atoms with Crippen molar-refractivity contribution < 1.29 is 19.1 Å². The summed E-state index contributed by atoms with van der Waals surface area (Å²) in [6, 6.07) is 23.0. The maximum Gasteiger partial charge on any atom is 0.321 e. The molecular weight excluding hydrogens is 468 g/mol. The number of ether oxygens (including phenoxy) is 1. The molecule has 3 aromatic rings. The zero-order valence-corrected chi connectivity index (χ0v) is 21.3. The first kappa shape index (κ1) is 25.6. The van der Waals surface area contributed by atoms with Crippen LogP contribution in [-0.4, -0.2) is 43.3 Å². The first-order valence-corrected chi connectivity index (χ1v) is 12.0. The van der Waals surface area contributed by atoms with Crippen molar-refractivity contribution in [1.29, 1.82) is 0 Å². The van der Waals surface area contributed by atoms with Crippen molar-refractivity contribution in [3.05, 3.63) is 90.0 Å². The fourth-order valence-electron chi connectivity index (χ4n) is 3.89. The van der Waals surface area contributed by atoms with E-state index in [0.29, 0.717) is 28.4 Å². The molecule has 0 radical (unpaired) electrons. The summed E-state index contributed by atoms with van der Waals surface area (Å²) >= 11 is 0. The second kappa shape index (κ2) is 10.7. The minimum absolute atomic E-state index is 0.113. The molecule has 1 heterocycles. The normalized spacial score (nSPS) is 15.2. The van der Waals surface area contributed by atoms with Crippen LogP contribution in [0.5, 0.6) is 5.75 Å². The first-order valence-electron chi connectivity index (χ1n) is 12.0. The highest BCUT2D eigenvalue weighted by atomic mass is 16.5. The number of nitrogens with zero attached hydrogens (tertiary/aromatic N) is 2. The molecule has 1 aliphatic heterocycles. The zero-order valence-electron chi connectivity index (χ0n) is 21.3. The van der Waals surface area contributed by atoms with Gasteiger partial charge in [-0.25, -0.2) is 9.79 Å². The standard InChI is InChI=1S/C29H30N4O4/c1-29(2,3)24(34)18-33-23-16-9-8-15-22(23)25(19-11-6-5-7-12-19)31-26(27(33)35)32-28(36)30-20-13-10-14-21(17-20)37-4/h5-17,26H,18H2,1-4H3,(H2,30,32,36). The van der Waals surface area contributed by atoms with Crippen molar-refractivity contribution >= 4 is 34.8 Å². The molecule has 8 heteroatoms. The second-order valence-electron chi connectivity index (χ2n) is 9.69. The molecule has 0 saturated carbocycles. The third-order valence-corrected chi connectivity index (χ3v) is 5.99. The lowest BCUT2D eigenvalue weighted by atomic mass is 9.90. The molecule has 0 aliphatic carbocycles. The Bertz CT molecular complexity index is 1350. The summed E-state index contributed by atoms with van der Waals surface area (Å²) in [5.74, 6) is -0.0368. The molecular formula is C29H30N4O4. The number of hydrogen-bond donors (Lipinski definition) is 2. The van der Waals surface area contributed by atoms with Crippen molar-refractivity contribution in [2.75, 3.05) is 23.9 Å². The molecule has 3 aromatic carbocycles. The number of aliphatic imine (C=N–C) groups is 1. The van der Waals surface area contributed by atoms with Crippen molar-refractivity contribution in [1.82, 2.24) is 5.32 Å². The summed E-state index contributed by atoms with van der Waals surface area (Å²) in [5.41, 5.74) is 2.42. The molecule has 190 valence electrons. The van der Waals surface area contributed by atoms with Crippen molar-refractivity contribution in [2.45, 2.75) is 26.9 Å². The summed E-state index contributed by atoms with van der Waals surface area (Å²) in [4.78, 5) is 46.0. The monoisotopic (exact) mass is 498 g/mol. The van der Waals surface area contributed by atoms with Crippen LogP contribution in [0.4, 0.5) is 16.2 Å². The van der Waals surface area contributed by atoms with Gasteiger partial charge in [0.15, 0.2) is 5.78 Å². The molecule has 1 aliphatic rings. The second-order valence-corrected chi connectivity index (χ2v) is 9.69. The summed E-state index contributed by atoms with van der Waals surface area (Å²) in [5, 5.41) is 5.41. The highest BCUT2D eigenvalue weighted by molar-refractivity contribution is 6.21. The van der Waals surface area contributed by atoms with E-state index >= 15 is 0 Å². The van der Waals surface area contributed by atoms with E-state index in [1.165, 1.54) is 12.0 Å². The Hall–Kier alpha value is -4.46. The summed E-state index contributed by atoms with van der Waals surface area (Å²) in [6.07, 6.45) is -1.26. The number of ketones is 1. The molecule has 1 unspecified atom stereocenters. The largest absolute Gasteiger partial charge is 0.497 e.